The van der Waals surface area contributed by atoms with Gasteiger partial charge >= 0.3 is 0 Å². The molecule has 11 heteroatoms. The van der Waals surface area contributed by atoms with Crippen molar-refractivity contribution in [2.24, 2.45) is 5.92 Å². The van der Waals surface area contributed by atoms with Gasteiger partial charge in [0.05, 0.1) is 15.5 Å². The summed E-state index contributed by atoms with van der Waals surface area (Å²) < 4.78 is 28.9. The Balaban J connectivity index is 1.79. The number of carbonyl (C=O) groups is 2. The van der Waals surface area contributed by atoms with E-state index in [2.05, 4.69) is 5.32 Å². The molecule has 0 unspecified atom stereocenters. The number of rotatable bonds is 14. The van der Waals surface area contributed by atoms with Gasteiger partial charge in [0.25, 0.3) is 15.7 Å². The normalized spacial score (nSPS) is 11.9. The SMILES string of the molecule is CC(C)CNC(=O)[C@@H](Cc1ccccc1)N(Cc1ccccc1)C(=O)CN(c1ccc([N+](=O)[O-])cc1)S(=O)(=O)c1ccccc1. The number of carbonyl (C=O) groups excluding carboxylic acids is 2. The van der Waals surface area contributed by atoms with Gasteiger partial charge < -0.3 is 10.2 Å². The molecule has 10 nitrogen and oxygen atoms in total. The first-order chi connectivity index (χ1) is 21.6. The van der Waals surface area contributed by atoms with E-state index in [1.54, 1.807) is 18.2 Å². The van der Waals surface area contributed by atoms with E-state index in [1.165, 1.54) is 41.3 Å². The molecule has 0 spiro atoms. The van der Waals surface area contributed by atoms with Crippen LogP contribution in [0.25, 0.3) is 0 Å². The monoisotopic (exact) mass is 628 g/mol. The predicted molar refractivity (Wildman–Crippen MR) is 173 cm³/mol. The smallest absolute Gasteiger partial charge is 0.269 e. The van der Waals surface area contributed by atoms with Crippen molar-refractivity contribution in [3.63, 3.8) is 0 Å². The van der Waals surface area contributed by atoms with E-state index in [9.17, 15) is 28.1 Å². The number of hydrogen-bond acceptors (Lipinski definition) is 6. The maximum atomic E-state index is 14.4. The van der Waals surface area contributed by atoms with E-state index < -0.39 is 33.4 Å². The molecule has 0 bridgehead atoms. The molecular weight excluding hydrogens is 592 g/mol. The van der Waals surface area contributed by atoms with Gasteiger partial charge in [0.2, 0.25) is 11.8 Å². The third-order valence-electron chi connectivity index (χ3n) is 7.11. The van der Waals surface area contributed by atoms with Gasteiger partial charge in [-0.25, -0.2) is 8.42 Å². The van der Waals surface area contributed by atoms with Crippen LogP contribution in [0.3, 0.4) is 0 Å². The number of anilines is 1. The van der Waals surface area contributed by atoms with Crippen LogP contribution in [-0.2, 0) is 32.6 Å². The first-order valence-electron chi connectivity index (χ1n) is 14.5. The van der Waals surface area contributed by atoms with E-state index in [0.29, 0.717) is 6.54 Å². The van der Waals surface area contributed by atoms with Crippen LogP contribution in [0.5, 0.6) is 0 Å². The van der Waals surface area contributed by atoms with Crippen molar-refractivity contribution in [2.75, 3.05) is 17.4 Å². The number of nitro groups is 1. The van der Waals surface area contributed by atoms with Crippen molar-refractivity contribution >= 4 is 33.2 Å². The Labute approximate surface area is 263 Å². The summed E-state index contributed by atoms with van der Waals surface area (Å²) in [6, 6.07) is 30.1. The Morgan fingerprint density at radius 2 is 1.33 bits per heavy atom. The molecule has 4 aromatic carbocycles. The van der Waals surface area contributed by atoms with E-state index in [-0.39, 0.29) is 41.1 Å². The Morgan fingerprint density at radius 1 is 0.800 bits per heavy atom. The highest BCUT2D eigenvalue weighted by Gasteiger charge is 2.34. The van der Waals surface area contributed by atoms with E-state index in [0.717, 1.165) is 15.4 Å². The highest BCUT2D eigenvalue weighted by molar-refractivity contribution is 7.92. The number of benzene rings is 4. The van der Waals surface area contributed by atoms with Crippen molar-refractivity contribution < 1.29 is 22.9 Å². The molecule has 0 fully saturated rings. The minimum absolute atomic E-state index is 0.0474. The summed E-state index contributed by atoms with van der Waals surface area (Å²) in [6.07, 6.45) is 0.201. The fraction of sp³-hybridized carbons (Fsp3) is 0.235. The lowest BCUT2D eigenvalue weighted by Crippen LogP contribution is -2.53. The summed E-state index contributed by atoms with van der Waals surface area (Å²) >= 11 is 0. The summed E-state index contributed by atoms with van der Waals surface area (Å²) in [5.74, 6) is -0.805. The van der Waals surface area contributed by atoms with E-state index >= 15 is 0 Å². The van der Waals surface area contributed by atoms with Crippen molar-refractivity contribution in [3.05, 3.63) is 137 Å². The quantitative estimate of drug-likeness (QED) is 0.151. The summed E-state index contributed by atoms with van der Waals surface area (Å²) in [6.45, 7) is 3.73. The van der Waals surface area contributed by atoms with Crippen LogP contribution in [-0.4, -0.2) is 49.2 Å². The number of amides is 2. The highest BCUT2D eigenvalue weighted by atomic mass is 32.2. The molecule has 45 heavy (non-hydrogen) atoms. The number of nitrogens with one attached hydrogen (secondary N) is 1. The zero-order valence-corrected chi connectivity index (χ0v) is 26.0. The maximum Gasteiger partial charge on any atom is 0.269 e. The molecule has 0 saturated heterocycles. The maximum absolute atomic E-state index is 14.4. The van der Waals surface area contributed by atoms with Crippen molar-refractivity contribution in [1.82, 2.24) is 10.2 Å². The molecule has 0 aromatic heterocycles. The van der Waals surface area contributed by atoms with Gasteiger partial charge in [-0.1, -0.05) is 92.7 Å². The highest BCUT2D eigenvalue weighted by Crippen LogP contribution is 2.27. The average molecular weight is 629 g/mol. The van der Waals surface area contributed by atoms with Crippen LogP contribution in [0, 0.1) is 16.0 Å². The molecule has 4 rings (SSSR count). The van der Waals surface area contributed by atoms with Gasteiger partial charge in [-0.2, -0.15) is 0 Å². The second-order valence-corrected chi connectivity index (χ2v) is 12.8. The zero-order chi connectivity index (χ0) is 32.4. The van der Waals surface area contributed by atoms with Crippen LogP contribution in [0.2, 0.25) is 0 Å². The Morgan fingerprint density at radius 3 is 1.87 bits per heavy atom. The van der Waals surface area contributed by atoms with Crippen LogP contribution in [0.1, 0.15) is 25.0 Å². The van der Waals surface area contributed by atoms with Crippen molar-refractivity contribution in [1.29, 1.82) is 0 Å². The fourth-order valence-electron chi connectivity index (χ4n) is 4.75. The number of nitrogens with zero attached hydrogens (tertiary/aromatic N) is 3. The number of sulfonamides is 1. The molecule has 1 N–H and O–H groups in total. The Bertz CT molecular complexity index is 1680. The number of hydrogen-bond donors (Lipinski definition) is 1. The molecule has 0 heterocycles. The molecule has 4 aromatic rings. The lowest BCUT2D eigenvalue weighted by Gasteiger charge is -2.34. The third kappa shape index (κ3) is 8.76. The summed E-state index contributed by atoms with van der Waals surface area (Å²) in [5.41, 5.74) is 1.43. The van der Waals surface area contributed by atoms with Gasteiger partial charge in [-0.3, -0.25) is 24.0 Å². The third-order valence-corrected chi connectivity index (χ3v) is 8.90. The van der Waals surface area contributed by atoms with Crippen LogP contribution >= 0.6 is 0 Å². The molecular formula is C34H36N4O6S. The lowest BCUT2D eigenvalue weighted by molar-refractivity contribution is -0.384. The van der Waals surface area contributed by atoms with Gasteiger partial charge in [-0.15, -0.1) is 0 Å². The first-order valence-corrected chi connectivity index (χ1v) is 16.0. The van der Waals surface area contributed by atoms with Crippen molar-refractivity contribution in [3.8, 4) is 0 Å². The second kappa shape index (κ2) is 15.1. The number of non-ortho nitro benzene ring substituents is 1. The lowest BCUT2D eigenvalue weighted by atomic mass is 10.0. The Kier molecular flexibility index (Phi) is 11.0. The summed E-state index contributed by atoms with van der Waals surface area (Å²) in [4.78, 5) is 40.2. The summed E-state index contributed by atoms with van der Waals surface area (Å²) in [5, 5.41) is 14.3. The van der Waals surface area contributed by atoms with Crippen LogP contribution in [0.4, 0.5) is 11.4 Å². The average Bonchev–Trinajstić information content (AvgIpc) is 3.05. The van der Waals surface area contributed by atoms with Crippen LogP contribution in [0.15, 0.2) is 120 Å². The van der Waals surface area contributed by atoms with Gasteiger partial charge in [-0.05, 0) is 41.3 Å². The van der Waals surface area contributed by atoms with Crippen LogP contribution < -0.4 is 9.62 Å². The molecule has 0 aliphatic heterocycles. The molecule has 0 saturated carbocycles. The van der Waals surface area contributed by atoms with Gasteiger partial charge in [0, 0.05) is 31.6 Å². The predicted octanol–water partition coefficient (Wildman–Crippen LogP) is 5.20. The fourth-order valence-corrected chi connectivity index (χ4v) is 6.18. The molecule has 0 aliphatic rings. The van der Waals surface area contributed by atoms with Crippen molar-refractivity contribution in [2.45, 2.75) is 37.8 Å². The molecule has 234 valence electrons. The molecule has 2 amide bonds. The zero-order valence-electron chi connectivity index (χ0n) is 25.2. The Hall–Kier alpha value is -5.03. The first kappa shape index (κ1) is 32.9. The minimum Gasteiger partial charge on any atom is -0.354 e. The minimum atomic E-state index is -4.30. The number of nitro benzene ring substituents is 1. The van der Waals surface area contributed by atoms with E-state index in [1.807, 2.05) is 74.5 Å². The molecule has 0 aliphatic carbocycles. The second-order valence-electron chi connectivity index (χ2n) is 10.9. The largest absolute Gasteiger partial charge is 0.354 e. The topological polar surface area (TPSA) is 130 Å². The standard InChI is InChI=1S/C34H36N4O6S/c1-26(2)23-35-34(40)32(22-27-12-6-3-7-13-27)36(24-28-14-8-4-9-15-28)33(39)25-37(29-18-20-30(21-19-29)38(41)42)45(43,44)31-16-10-5-11-17-31/h3-21,26,32H,22-25H2,1-2H3,(H,35,40)/t32-/m1/s1. The van der Waals surface area contributed by atoms with Gasteiger partial charge in [0.15, 0.2) is 0 Å². The summed E-state index contributed by atoms with van der Waals surface area (Å²) in [7, 11) is -4.30. The van der Waals surface area contributed by atoms with E-state index in [4.69, 9.17) is 0 Å². The molecule has 1 atom stereocenters. The van der Waals surface area contributed by atoms with Gasteiger partial charge in [0.1, 0.15) is 12.6 Å². The molecule has 0 radical (unpaired) electrons.